The summed E-state index contributed by atoms with van der Waals surface area (Å²) in [6, 6.07) is 15.3. The summed E-state index contributed by atoms with van der Waals surface area (Å²) in [4.78, 5) is 11.9. The van der Waals surface area contributed by atoms with E-state index >= 15 is 0 Å². The standard InChI is InChI=1S/C15H13NO2S/c1-19-14-11-8-5-9-12(13(11)16-15(14)17)18-10-6-3-2-4-7-10/h2-9,14H,1H3,(H,16,17)/t14-/m0/s1. The second kappa shape index (κ2) is 4.97. The average Bonchev–Trinajstić information content (AvgIpc) is 2.76. The van der Waals surface area contributed by atoms with Gasteiger partial charge in [0.15, 0.2) is 5.75 Å². The molecular formula is C15H13NO2S. The van der Waals surface area contributed by atoms with E-state index in [2.05, 4.69) is 5.32 Å². The molecule has 1 heterocycles. The molecule has 0 radical (unpaired) electrons. The van der Waals surface area contributed by atoms with Crippen LogP contribution in [0.2, 0.25) is 0 Å². The van der Waals surface area contributed by atoms with E-state index in [1.807, 2.05) is 54.8 Å². The maximum absolute atomic E-state index is 11.9. The van der Waals surface area contributed by atoms with Gasteiger partial charge in [0.1, 0.15) is 11.0 Å². The van der Waals surface area contributed by atoms with Crippen LogP contribution in [0.3, 0.4) is 0 Å². The van der Waals surface area contributed by atoms with Gasteiger partial charge in [0.05, 0.1) is 5.69 Å². The number of hydrogen-bond donors (Lipinski definition) is 1. The fourth-order valence-corrected chi connectivity index (χ4v) is 2.89. The lowest BCUT2D eigenvalue weighted by Gasteiger charge is -2.10. The Kier molecular flexibility index (Phi) is 3.17. The Balaban J connectivity index is 1.97. The van der Waals surface area contributed by atoms with E-state index < -0.39 is 0 Å². The van der Waals surface area contributed by atoms with Crippen LogP contribution in [-0.2, 0) is 4.79 Å². The minimum Gasteiger partial charge on any atom is -0.455 e. The van der Waals surface area contributed by atoms with E-state index in [1.165, 1.54) is 11.8 Å². The third-order valence-corrected chi connectivity index (χ3v) is 3.97. The van der Waals surface area contributed by atoms with E-state index in [1.54, 1.807) is 0 Å². The Hall–Kier alpha value is -1.94. The van der Waals surface area contributed by atoms with Crippen molar-refractivity contribution in [3.8, 4) is 11.5 Å². The highest BCUT2D eigenvalue weighted by Gasteiger charge is 2.31. The van der Waals surface area contributed by atoms with Crippen LogP contribution in [-0.4, -0.2) is 12.2 Å². The minimum atomic E-state index is -0.144. The lowest BCUT2D eigenvalue weighted by Crippen LogP contribution is -2.08. The molecule has 0 saturated heterocycles. The largest absolute Gasteiger partial charge is 0.455 e. The average molecular weight is 271 g/mol. The normalized spacial score (nSPS) is 16.9. The molecule has 0 spiro atoms. The Bertz CT molecular complexity index is 613. The van der Waals surface area contributed by atoms with E-state index in [0.717, 1.165) is 17.0 Å². The van der Waals surface area contributed by atoms with Crippen LogP contribution < -0.4 is 10.1 Å². The number of carbonyl (C=O) groups is 1. The van der Waals surface area contributed by atoms with Crippen molar-refractivity contribution < 1.29 is 9.53 Å². The van der Waals surface area contributed by atoms with Gasteiger partial charge in [-0.3, -0.25) is 4.79 Å². The summed E-state index contributed by atoms with van der Waals surface area (Å²) in [5.41, 5.74) is 1.78. The van der Waals surface area contributed by atoms with Gasteiger partial charge in [-0.2, -0.15) is 0 Å². The van der Waals surface area contributed by atoms with Crippen molar-refractivity contribution in [2.45, 2.75) is 5.25 Å². The molecule has 3 rings (SSSR count). The van der Waals surface area contributed by atoms with Crippen LogP contribution in [0.15, 0.2) is 48.5 Å². The van der Waals surface area contributed by atoms with E-state index in [4.69, 9.17) is 4.74 Å². The number of fused-ring (bicyclic) bond motifs is 1. The number of nitrogens with one attached hydrogen (secondary N) is 1. The maximum Gasteiger partial charge on any atom is 0.242 e. The third-order valence-electron chi connectivity index (χ3n) is 3.03. The van der Waals surface area contributed by atoms with Gasteiger partial charge in [-0.25, -0.2) is 0 Å². The molecule has 4 heteroatoms. The highest BCUT2D eigenvalue weighted by Crippen LogP contribution is 2.44. The number of hydrogen-bond acceptors (Lipinski definition) is 3. The van der Waals surface area contributed by atoms with E-state index in [-0.39, 0.29) is 11.2 Å². The zero-order chi connectivity index (χ0) is 13.2. The zero-order valence-corrected chi connectivity index (χ0v) is 11.2. The van der Waals surface area contributed by atoms with Crippen molar-refractivity contribution in [2.24, 2.45) is 0 Å². The first-order valence-electron chi connectivity index (χ1n) is 5.99. The monoisotopic (exact) mass is 271 g/mol. The highest BCUT2D eigenvalue weighted by atomic mass is 32.2. The second-order valence-corrected chi connectivity index (χ2v) is 5.18. The zero-order valence-electron chi connectivity index (χ0n) is 10.4. The molecule has 1 N–H and O–H groups in total. The smallest absolute Gasteiger partial charge is 0.242 e. The van der Waals surface area contributed by atoms with Crippen LogP contribution in [0.1, 0.15) is 10.8 Å². The molecule has 1 aliphatic heterocycles. The van der Waals surface area contributed by atoms with Crippen molar-refractivity contribution >= 4 is 23.4 Å². The maximum atomic E-state index is 11.9. The van der Waals surface area contributed by atoms with Gasteiger partial charge in [0.2, 0.25) is 5.91 Å². The molecule has 3 nitrogen and oxygen atoms in total. The summed E-state index contributed by atoms with van der Waals surface area (Å²) in [5.74, 6) is 1.47. The first kappa shape index (κ1) is 12.1. The molecule has 0 aromatic heterocycles. The fourth-order valence-electron chi connectivity index (χ4n) is 2.16. The Morgan fingerprint density at radius 3 is 2.63 bits per heavy atom. The topological polar surface area (TPSA) is 38.3 Å². The number of benzene rings is 2. The third kappa shape index (κ3) is 2.19. The highest BCUT2D eigenvalue weighted by molar-refractivity contribution is 7.99. The van der Waals surface area contributed by atoms with Gasteiger partial charge in [0.25, 0.3) is 0 Å². The number of ether oxygens (including phenoxy) is 1. The molecule has 0 bridgehead atoms. The number of thioether (sulfide) groups is 1. The molecule has 0 fully saturated rings. The summed E-state index contributed by atoms with van der Waals surface area (Å²) in [5, 5.41) is 2.76. The number of carbonyl (C=O) groups excluding carboxylic acids is 1. The van der Waals surface area contributed by atoms with Crippen molar-refractivity contribution in [3.05, 3.63) is 54.1 Å². The van der Waals surface area contributed by atoms with Crippen molar-refractivity contribution in [1.29, 1.82) is 0 Å². The molecule has 0 unspecified atom stereocenters. The van der Waals surface area contributed by atoms with Crippen molar-refractivity contribution in [2.75, 3.05) is 11.6 Å². The molecule has 96 valence electrons. The predicted octanol–water partition coefficient (Wildman–Crippen LogP) is 3.84. The van der Waals surface area contributed by atoms with Gasteiger partial charge in [-0.05, 0) is 24.5 Å². The number of amides is 1. The summed E-state index contributed by atoms with van der Waals surface area (Å²) >= 11 is 1.53. The van der Waals surface area contributed by atoms with Gasteiger partial charge < -0.3 is 10.1 Å². The summed E-state index contributed by atoms with van der Waals surface area (Å²) in [6.07, 6.45) is 1.93. The predicted molar refractivity (Wildman–Crippen MR) is 77.8 cm³/mol. The summed E-state index contributed by atoms with van der Waals surface area (Å²) < 4.78 is 5.84. The Morgan fingerprint density at radius 2 is 1.89 bits per heavy atom. The van der Waals surface area contributed by atoms with Crippen LogP contribution >= 0.6 is 11.8 Å². The van der Waals surface area contributed by atoms with Crippen molar-refractivity contribution in [1.82, 2.24) is 0 Å². The van der Waals surface area contributed by atoms with E-state index in [9.17, 15) is 4.79 Å². The summed E-state index contributed by atoms with van der Waals surface area (Å²) in [7, 11) is 0. The number of anilines is 1. The second-order valence-electron chi connectivity index (χ2n) is 4.24. The lowest BCUT2D eigenvalue weighted by molar-refractivity contribution is -0.115. The van der Waals surface area contributed by atoms with Crippen LogP contribution in [0.4, 0.5) is 5.69 Å². The van der Waals surface area contributed by atoms with E-state index in [0.29, 0.717) is 5.75 Å². The molecule has 0 saturated carbocycles. The van der Waals surface area contributed by atoms with Gasteiger partial charge >= 0.3 is 0 Å². The van der Waals surface area contributed by atoms with Gasteiger partial charge in [-0.1, -0.05) is 30.3 Å². The molecular weight excluding hydrogens is 258 g/mol. The van der Waals surface area contributed by atoms with Crippen molar-refractivity contribution in [3.63, 3.8) is 0 Å². The molecule has 19 heavy (non-hydrogen) atoms. The number of para-hydroxylation sites is 2. The first-order chi connectivity index (χ1) is 9.29. The Morgan fingerprint density at radius 1 is 1.11 bits per heavy atom. The SMILES string of the molecule is CS[C@@H]1C(=O)Nc2c(Oc3ccccc3)cccc21. The van der Waals surface area contributed by atoms with Crippen LogP contribution in [0.25, 0.3) is 0 Å². The molecule has 1 aliphatic rings. The van der Waals surface area contributed by atoms with Gasteiger partial charge in [-0.15, -0.1) is 11.8 Å². The minimum absolute atomic E-state index is 0.0200. The van der Waals surface area contributed by atoms with Crippen LogP contribution in [0.5, 0.6) is 11.5 Å². The quantitative estimate of drug-likeness (QED) is 0.922. The Labute approximate surface area is 116 Å². The first-order valence-corrected chi connectivity index (χ1v) is 7.28. The number of rotatable bonds is 3. The van der Waals surface area contributed by atoms with Gasteiger partial charge in [0, 0.05) is 5.56 Å². The molecule has 1 atom stereocenters. The summed E-state index contributed by atoms with van der Waals surface area (Å²) in [6.45, 7) is 0. The fraction of sp³-hybridized carbons (Fsp3) is 0.133. The molecule has 1 amide bonds. The molecule has 2 aromatic rings. The molecule has 0 aliphatic carbocycles. The lowest BCUT2D eigenvalue weighted by atomic mass is 10.1. The molecule has 2 aromatic carbocycles. The van der Waals surface area contributed by atoms with Crippen LogP contribution in [0, 0.1) is 0 Å².